The highest BCUT2D eigenvalue weighted by Crippen LogP contribution is 2.80. The van der Waals surface area contributed by atoms with Gasteiger partial charge in [-0.05, 0) is 32.6 Å². The third kappa shape index (κ3) is 1.23. The number of fused-ring (bicyclic) bond motifs is 2. The Kier molecular flexibility index (Phi) is 2.13. The zero-order valence-electron chi connectivity index (χ0n) is 11.6. The monoisotopic (exact) mass is 305 g/mol. The number of aliphatic hydroxyl groups is 6. The van der Waals surface area contributed by atoms with E-state index < -0.39 is 40.1 Å². The van der Waals surface area contributed by atoms with E-state index in [1.54, 1.807) is 0 Å². The van der Waals surface area contributed by atoms with Crippen molar-refractivity contribution in [3.8, 4) is 0 Å². The Bertz CT molecular complexity index is 527. The van der Waals surface area contributed by atoms with Crippen LogP contribution in [0.25, 0.3) is 0 Å². The first-order valence-corrected chi connectivity index (χ1v) is 7.15. The Labute approximate surface area is 120 Å². The van der Waals surface area contributed by atoms with Crippen LogP contribution in [0.15, 0.2) is 0 Å². The first kappa shape index (κ1) is 14.3. The van der Waals surface area contributed by atoms with Crippen molar-refractivity contribution >= 4 is 0 Å². The van der Waals surface area contributed by atoms with Gasteiger partial charge in [0.1, 0.15) is 6.17 Å². The van der Waals surface area contributed by atoms with Gasteiger partial charge in [-0.2, -0.15) is 4.90 Å². The van der Waals surface area contributed by atoms with Gasteiger partial charge in [0, 0.05) is 11.8 Å². The van der Waals surface area contributed by atoms with Crippen molar-refractivity contribution in [1.82, 2.24) is 4.90 Å². The minimum absolute atomic E-state index is 0.152. The molecule has 2 heterocycles. The van der Waals surface area contributed by atoms with Crippen LogP contribution in [0.3, 0.4) is 0 Å². The topological polar surface area (TPSA) is 125 Å². The summed E-state index contributed by atoms with van der Waals surface area (Å²) in [5.74, 6) is -7.90. The van der Waals surface area contributed by atoms with Crippen molar-refractivity contribution in [2.45, 2.75) is 68.3 Å². The molecular formula is C13H20FNO6. The summed E-state index contributed by atoms with van der Waals surface area (Å²) in [6.07, 6.45) is -1.16. The number of hydrogen-bond acceptors (Lipinski definition) is 7. The molecule has 0 aromatic carbocycles. The third-order valence-electron chi connectivity index (χ3n) is 6.36. The van der Waals surface area contributed by atoms with E-state index in [0.717, 1.165) is 6.92 Å². The van der Waals surface area contributed by atoms with Crippen molar-refractivity contribution < 1.29 is 35.0 Å². The van der Waals surface area contributed by atoms with Crippen LogP contribution in [-0.2, 0) is 0 Å². The lowest BCUT2D eigenvalue weighted by Gasteiger charge is -2.48. The molecule has 2 spiro atoms. The van der Waals surface area contributed by atoms with Gasteiger partial charge in [-0.25, -0.2) is 4.39 Å². The van der Waals surface area contributed by atoms with Crippen LogP contribution >= 0.6 is 0 Å². The van der Waals surface area contributed by atoms with Crippen molar-refractivity contribution in [1.29, 1.82) is 0 Å². The van der Waals surface area contributed by atoms with Crippen LogP contribution in [0.4, 0.5) is 4.39 Å². The van der Waals surface area contributed by atoms with E-state index in [9.17, 15) is 35.0 Å². The second-order valence-corrected chi connectivity index (χ2v) is 7.59. The van der Waals surface area contributed by atoms with Gasteiger partial charge in [0.15, 0.2) is 5.79 Å². The van der Waals surface area contributed by atoms with Gasteiger partial charge in [-0.3, -0.25) is 0 Å². The predicted molar refractivity (Wildman–Crippen MR) is 64.6 cm³/mol. The molecule has 2 aliphatic heterocycles. The third-order valence-corrected chi connectivity index (χ3v) is 6.36. The second-order valence-electron chi connectivity index (χ2n) is 7.59. The fourth-order valence-electron chi connectivity index (χ4n) is 5.22. The molecule has 7 nitrogen and oxygen atoms in total. The lowest BCUT2D eigenvalue weighted by atomic mass is 9.71. The van der Waals surface area contributed by atoms with Crippen molar-refractivity contribution in [2.75, 3.05) is 0 Å². The normalized spacial score (nSPS) is 48.9. The Balaban J connectivity index is 1.96. The molecule has 0 radical (unpaired) electrons. The van der Waals surface area contributed by atoms with E-state index >= 15 is 0 Å². The average Bonchev–Trinajstić information content (AvgIpc) is 3.10. The number of alkyl halides is 1. The Morgan fingerprint density at radius 2 is 1.62 bits per heavy atom. The first-order valence-electron chi connectivity index (χ1n) is 7.15. The largest absolute Gasteiger partial charge is 0.364 e. The molecule has 0 amide bonds. The fraction of sp³-hybridized carbons (Fsp3) is 1.00. The Morgan fingerprint density at radius 1 is 1.10 bits per heavy atom. The summed E-state index contributed by atoms with van der Waals surface area (Å²) in [5.41, 5.74) is -4.17. The van der Waals surface area contributed by atoms with Crippen LogP contribution in [0.2, 0.25) is 0 Å². The van der Waals surface area contributed by atoms with Gasteiger partial charge in [0.2, 0.25) is 11.8 Å². The highest BCUT2D eigenvalue weighted by Gasteiger charge is 2.92. The Morgan fingerprint density at radius 3 is 2.00 bits per heavy atom. The highest BCUT2D eigenvalue weighted by molar-refractivity contribution is 5.34. The van der Waals surface area contributed by atoms with Crippen LogP contribution in [0.5, 0.6) is 0 Å². The maximum atomic E-state index is 13.9. The first-order chi connectivity index (χ1) is 9.37. The van der Waals surface area contributed by atoms with Crippen LogP contribution < -0.4 is 0 Å². The molecule has 2 saturated heterocycles. The summed E-state index contributed by atoms with van der Waals surface area (Å²) in [7, 11) is 0. The van der Waals surface area contributed by atoms with Crippen molar-refractivity contribution in [3.05, 3.63) is 0 Å². The quantitative estimate of drug-likeness (QED) is 0.320. The SMILES string of the molecule is CC(O)(O)[C@]12C[C@@]3(CC3F)C(O)(O)N1C(O)(O)CC21CC1. The van der Waals surface area contributed by atoms with Gasteiger partial charge in [0.05, 0.1) is 11.0 Å². The van der Waals surface area contributed by atoms with E-state index in [4.69, 9.17) is 0 Å². The van der Waals surface area contributed by atoms with Gasteiger partial charge in [-0.1, -0.05) is 0 Å². The molecule has 21 heavy (non-hydrogen) atoms. The summed E-state index contributed by atoms with van der Waals surface area (Å²) in [5, 5.41) is 62.1. The number of halogens is 1. The number of rotatable bonds is 1. The van der Waals surface area contributed by atoms with Crippen molar-refractivity contribution in [2.24, 2.45) is 10.8 Å². The fourth-order valence-corrected chi connectivity index (χ4v) is 5.22. The van der Waals surface area contributed by atoms with Crippen molar-refractivity contribution in [3.63, 3.8) is 0 Å². The molecule has 6 N–H and O–H groups in total. The second kappa shape index (κ2) is 3.14. The summed E-state index contributed by atoms with van der Waals surface area (Å²) in [6.45, 7) is 1.08. The molecule has 4 fully saturated rings. The summed E-state index contributed by atoms with van der Waals surface area (Å²) < 4.78 is 13.9. The minimum Gasteiger partial charge on any atom is -0.364 e. The van der Waals surface area contributed by atoms with E-state index in [0.29, 0.717) is 17.7 Å². The van der Waals surface area contributed by atoms with Gasteiger partial charge < -0.3 is 30.6 Å². The molecule has 0 bridgehead atoms. The zero-order valence-corrected chi connectivity index (χ0v) is 11.6. The standard InChI is InChI=1S/C13H20FNO6/c1-8(16,17)11-6-10(4-7(10)14)13(20,21)15(11)12(18,19)5-9(11)2-3-9/h7,16-21H,2-6H2,1H3/t7?,10-,11+/m1/s1. The van der Waals surface area contributed by atoms with Crippen LogP contribution in [-0.4, -0.2) is 64.9 Å². The van der Waals surface area contributed by atoms with Gasteiger partial charge in [-0.15, -0.1) is 0 Å². The Hall–Kier alpha value is -0.350. The molecule has 8 heteroatoms. The molecular weight excluding hydrogens is 285 g/mol. The van der Waals surface area contributed by atoms with E-state index in [1.807, 2.05) is 0 Å². The minimum atomic E-state index is -2.84. The molecule has 0 aromatic heterocycles. The summed E-state index contributed by atoms with van der Waals surface area (Å²) in [6, 6.07) is 0. The molecule has 2 aliphatic carbocycles. The molecule has 4 aliphatic rings. The van der Waals surface area contributed by atoms with E-state index in [2.05, 4.69) is 0 Å². The summed E-state index contributed by atoms with van der Waals surface area (Å²) >= 11 is 0. The van der Waals surface area contributed by atoms with E-state index in [-0.39, 0.29) is 19.3 Å². The summed E-state index contributed by atoms with van der Waals surface area (Å²) in [4.78, 5) is 0.541. The number of nitrogens with zero attached hydrogens (tertiary/aromatic N) is 1. The van der Waals surface area contributed by atoms with Gasteiger partial charge in [0.25, 0.3) is 0 Å². The number of hydrogen-bond donors (Lipinski definition) is 6. The predicted octanol–water partition coefficient (Wildman–Crippen LogP) is -1.68. The molecule has 2 saturated carbocycles. The maximum absolute atomic E-state index is 13.9. The highest BCUT2D eigenvalue weighted by atomic mass is 19.1. The lowest BCUT2D eigenvalue weighted by molar-refractivity contribution is -0.404. The molecule has 4 rings (SSSR count). The molecule has 0 aromatic rings. The smallest absolute Gasteiger partial charge is 0.238 e. The van der Waals surface area contributed by atoms with Crippen LogP contribution in [0, 0.1) is 10.8 Å². The molecule has 3 atom stereocenters. The zero-order chi connectivity index (χ0) is 15.7. The molecule has 1 unspecified atom stereocenters. The van der Waals surface area contributed by atoms with Crippen LogP contribution in [0.1, 0.15) is 39.0 Å². The average molecular weight is 305 g/mol. The molecule has 120 valence electrons. The van der Waals surface area contributed by atoms with E-state index in [1.165, 1.54) is 0 Å². The van der Waals surface area contributed by atoms with Gasteiger partial charge >= 0.3 is 0 Å². The lowest BCUT2D eigenvalue weighted by Crippen LogP contribution is -2.69. The maximum Gasteiger partial charge on any atom is 0.238 e.